The summed E-state index contributed by atoms with van der Waals surface area (Å²) in [6.07, 6.45) is 0. The van der Waals surface area contributed by atoms with E-state index in [9.17, 15) is 4.79 Å². The Hall–Kier alpha value is -1.40. The number of aromatic nitrogens is 3. The van der Waals surface area contributed by atoms with Gasteiger partial charge < -0.3 is 5.73 Å². The second-order valence-corrected chi connectivity index (χ2v) is 4.37. The van der Waals surface area contributed by atoms with Crippen LogP contribution in [-0.2, 0) is 0 Å². The van der Waals surface area contributed by atoms with E-state index in [-0.39, 0.29) is 5.95 Å². The second kappa shape index (κ2) is 4.23. The van der Waals surface area contributed by atoms with Crippen LogP contribution in [0.2, 0.25) is 5.02 Å². The van der Waals surface area contributed by atoms with Crippen LogP contribution in [-0.4, -0.2) is 15.0 Å². The van der Waals surface area contributed by atoms with Gasteiger partial charge in [0.15, 0.2) is 0 Å². The van der Waals surface area contributed by atoms with Crippen LogP contribution in [0.5, 0.6) is 0 Å². The minimum absolute atomic E-state index is 0.0742. The highest BCUT2D eigenvalue weighted by molar-refractivity contribution is 9.10. The van der Waals surface area contributed by atoms with Crippen molar-refractivity contribution in [1.82, 2.24) is 15.0 Å². The lowest BCUT2D eigenvalue weighted by molar-refractivity contribution is 1.01. The highest BCUT2D eigenvalue weighted by Gasteiger charge is 2.05. The number of nitrogens with two attached hydrogens (primary N) is 1. The Kier molecular flexibility index (Phi) is 2.93. The van der Waals surface area contributed by atoms with Crippen molar-refractivity contribution in [3.8, 4) is 11.4 Å². The van der Waals surface area contributed by atoms with Gasteiger partial charge in [-0.1, -0.05) is 27.5 Å². The number of nitrogens with one attached hydrogen (secondary N) is 1. The fraction of sp³-hybridized carbons (Fsp3) is 0. The van der Waals surface area contributed by atoms with Gasteiger partial charge in [0.25, 0.3) is 0 Å². The normalized spacial score (nSPS) is 10.4. The summed E-state index contributed by atoms with van der Waals surface area (Å²) < 4.78 is 0.785. The molecule has 0 fully saturated rings. The van der Waals surface area contributed by atoms with Crippen molar-refractivity contribution in [2.24, 2.45) is 0 Å². The molecule has 0 atom stereocenters. The molecule has 1 aromatic heterocycles. The molecule has 0 aliphatic carbocycles. The summed E-state index contributed by atoms with van der Waals surface area (Å²) in [4.78, 5) is 20.9. The van der Waals surface area contributed by atoms with Crippen LogP contribution in [0, 0.1) is 0 Å². The molecule has 5 nitrogen and oxygen atoms in total. The van der Waals surface area contributed by atoms with Gasteiger partial charge in [-0.2, -0.15) is 9.97 Å². The van der Waals surface area contributed by atoms with Gasteiger partial charge in [0, 0.05) is 15.1 Å². The molecular weight excluding hydrogens is 295 g/mol. The van der Waals surface area contributed by atoms with E-state index in [0.29, 0.717) is 16.4 Å². The number of nitrogens with zero attached hydrogens (tertiary/aromatic N) is 2. The van der Waals surface area contributed by atoms with Crippen molar-refractivity contribution < 1.29 is 0 Å². The number of hydrogen-bond donors (Lipinski definition) is 2. The molecule has 0 unspecified atom stereocenters. The molecule has 0 radical (unpaired) electrons. The van der Waals surface area contributed by atoms with Crippen molar-refractivity contribution in [3.05, 3.63) is 38.2 Å². The first kappa shape index (κ1) is 11.1. The molecule has 1 aromatic carbocycles. The summed E-state index contributed by atoms with van der Waals surface area (Å²) in [7, 11) is 0. The van der Waals surface area contributed by atoms with Crippen molar-refractivity contribution >= 4 is 33.5 Å². The van der Waals surface area contributed by atoms with Gasteiger partial charge in [-0.3, -0.25) is 4.98 Å². The van der Waals surface area contributed by atoms with Crippen molar-refractivity contribution in [3.63, 3.8) is 0 Å². The van der Waals surface area contributed by atoms with E-state index in [4.69, 9.17) is 17.3 Å². The monoisotopic (exact) mass is 300 g/mol. The van der Waals surface area contributed by atoms with E-state index in [2.05, 4.69) is 30.9 Å². The van der Waals surface area contributed by atoms with Gasteiger partial charge in [-0.05, 0) is 18.2 Å². The molecule has 1 heterocycles. The van der Waals surface area contributed by atoms with Gasteiger partial charge in [0.05, 0.1) is 0 Å². The van der Waals surface area contributed by atoms with Gasteiger partial charge in [-0.25, -0.2) is 4.79 Å². The van der Waals surface area contributed by atoms with Crippen molar-refractivity contribution in [2.75, 3.05) is 5.73 Å². The van der Waals surface area contributed by atoms with Gasteiger partial charge >= 0.3 is 5.69 Å². The Morgan fingerprint density at radius 2 is 2.06 bits per heavy atom. The molecule has 82 valence electrons. The third kappa shape index (κ3) is 2.40. The Morgan fingerprint density at radius 3 is 2.69 bits per heavy atom. The Balaban J connectivity index is 2.62. The van der Waals surface area contributed by atoms with Crippen LogP contribution in [0.25, 0.3) is 11.4 Å². The molecule has 0 saturated carbocycles. The summed E-state index contributed by atoms with van der Waals surface area (Å²) in [6, 6.07) is 5.17. The lowest BCUT2D eigenvalue weighted by atomic mass is 10.2. The maximum Gasteiger partial charge on any atom is 0.349 e. The quantitative estimate of drug-likeness (QED) is 0.841. The zero-order chi connectivity index (χ0) is 11.7. The summed E-state index contributed by atoms with van der Waals surface area (Å²) in [5, 5.41) is 0.530. The fourth-order valence-corrected chi connectivity index (χ4v) is 2.09. The Bertz CT molecular complexity index is 578. The molecule has 0 aliphatic heterocycles. The average Bonchev–Trinajstić information content (AvgIpc) is 2.14. The largest absolute Gasteiger partial charge is 0.368 e. The van der Waals surface area contributed by atoms with E-state index in [1.807, 2.05) is 0 Å². The number of nitrogen functional groups attached to an aromatic ring is 1. The lowest BCUT2D eigenvalue weighted by Gasteiger charge is -2.02. The number of rotatable bonds is 1. The molecule has 0 saturated heterocycles. The maximum atomic E-state index is 11.1. The summed E-state index contributed by atoms with van der Waals surface area (Å²) in [6.45, 7) is 0. The summed E-state index contributed by atoms with van der Waals surface area (Å²) in [5.41, 5.74) is 5.50. The minimum Gasteiger partial charge on any atom is -0.368 e. The minimum atomic E-state index is -0.543. The topological polar surface area (TPSA) is 84.7 Å². The van der Waals surface area contributed by atoms with Crippen LogP contribution >= 0.6 is 27.5 Å². The molecular formula is C9H6BrClN4O. The molecule has 0 bridgehead atoms. The molecule has 2 aromatic rings. The van der Waals surface area contributed by atoms with E-state index in [0.717, 1.165) is 4.47 Å². The number of anilines is 1. The second-order valence-electron chi connectivity index (χ2n) is 3.02. The first-order chi connectivity index (χ1) is 7.54. The molecule has 7 heteroatoms. The van der Waals surface area contributed by atoms with Crippen molar-refractivity contribution in [2.45, 2.75) is 0 Å². The Morgan fingerprint density at radius 1 is 1.31 bits per heavy atom. The number of aromatic amines is 1. The third-order valence-electron chi connectivity index (χ3n) is 1.80. The predicted octanol–water partition coefficient (Wildman–Crippen LogP) is 1.83. The van der Waals surface area contributed by atoms with Gasteiger partial charge in [0.2, 0.25) is 5.95 Å². The fourth-order valence-electron chi connectivity index (χ4n) is 1.23. The zero-order valence-electron chi connectivity index (χ0n) is 7.87. The van der Waals surface area contributed by atoms with Gasteiger partial charge in [0.1, 0.15) is 5.82 Å². The number of H-pyrrole nitrogens is 1. The first-order valence-electron chi connectivity index (χ1n) is 4.25. The molecule has 3 N–H and O–H groups in total. The highest BCUT2D eigenvalue weighted by Crippen LogP contribution is 2.24. The number of benzene rings is 1. The zero-order valence-corrected chi connectivity index (χ0v) is 10.2. The van der Waals surface area contributed by atoms with E-state index < -0.39 is 5.69 Å². The lowest BCUT2D eigenvalue weighted by Crippen LogP contribution is -2.15. The van der Waals surface area contributed by atoms with Crippen LogP contribution < -0.4 is 11.4 Å². The van der Waals surface area contributed by atoms with E-state index in [1.165, 1.54) is 0 Å². The van der Waals surface area contributed by atoms with E-state index in [1.54, 1.807) is 18.2 Å². The van der Waals surface area contributed by atoms with E-state index >= 15 is 0 Å². The molecule has 0 aliphatic rings. The highest BCUT2D eigenvalue weighted by atomic mass is 79.9. The smallest absolute Gasteiger partial charge is 0.349 e. The molecule has 16 heavy (non-hydrogen) atoms. The van der Waals surface area contributed by atoms with Gasteiger partial charge in [-0.15, -0.1) is 0 Å². The number of halogens is 2. The molecule has 0 spiro atoms. The van der Waals surface area contributed by atoms with Crippen LogP contribution in [0.3, 0.4) is 0 Å². The number of hydrogen-bond acceptors (Lipinski definition) is 4. The average molecular weight is 302 g/mol. The van der Waals surface area contributed by atoms with Crippen LogP contribution in [0.15, 0.2) is 27.5 Å². The third-order valence-corrected chi connectivity index (χ3v) is 2.48. The molecule has 2 rings (SSSR count). The SMILES string of the molecule is Nc1nc(-c2cc(Cl)cc(Br)c2)[nH]c(=O)n1. The maximum absolute atomic E-state index is 11.1. The first-order valence-corrected chi connectivity index (χ1v) is 5.42. The summed E-state index contributed by atoms with van der Waals surface area (Å²) in [5.74, 6) is 0.260. The standard InChI is InChI=1S/C9H6BrClN4O/c10-5-1-4(2-6(11)3-5)7-13-8(12)15-9(16)14-7/h1-3H,(H3,12,13,14,15,16). The summed E-state index contributed by atoms with van der Waals surface area (Å²) >= 11 is 9.18. The molecule has 0 amide bonds. The van der Waals surface area contributed by atoms with Crippen molar-refractivity contribution in [1.29, 1.82) is 0 Å². The predicted molar refractivity (Wildman–Crippen MR) is 65.2 cm³/mol. The van der Waals surface area contributed by atoms with Crippen LogP contribution in [0.1, 0.15) is 0 Å². The van der Waals surface area contributed by atoms with Crippen LogP contribution in [0.4, 0.5) is 5.95 Å². The Labute approximate surface area is 104 Å².